The van der Waals surface area contributed by atoms with Gasteiger partial charge in [-0.25, -0.2) is 4.79 Å². The fourth-order valence-corrected chi connectivity index (χ4v) is 3.63. The molecule has 0 saturated carbocycles. The minimum atomic E-state index is -1.39. The van der Waals surface area contributed by atoms with E-state index in [1.807, 2.05) is 13.8 Å². The predicted molar refractivity (Wildman–Crippen MR) is 143 cm³/mol. The molecule has 0 spiro atoms. The van der Waals surface area contributed by atoms with Crippen molar-refractivity contribution in [3.8, 4) is 0 Å². The van der Waals surface area contributed by atoms with E-state index in [-0.39, 0.29) is 37.7 Å². The number of aliphatic imine (C=N–C) groups is 1. The SMILES string of the molecule is CC(C)CC(N)C(=O)NC(C(=O)NC(Cc1ccccc1)C(=O)NC(CCCN=C(N)N)C(=O)O)C(C)O. The molecule has 0 aliphatic heterocycles. The van der Waals surface area contributed by atoms with Crippen molar-refractivity contribution < 1.29 is 29.4 Å². The number of hydrogen-bond donors (Lipinski definition) is 8. The van der Waals surface area contributed by atoms with E-state index in [9.17, 15) is 29.4 Å². The van der Waals surface area contributed by atoms with E-state index in [0.717, 1.165) is 0 Å². The van der Waals surface area contributed by atoms with Gasteiger partial charge in [0.25, 0.3) is 0 Å². The van der Waals surface area contributed by atoms with Gasteiger partial charge in [-0.2, -0.15) is 0 Å². The number of hydrogen-bond acceptors (Lipinski definition) is 7. The van der Waals surface area contributed by atoms with E-state index in [1.165, 1.54) is 6.92 Å². The number of carboxylic acid groups (broad SMARTS) is 1. The van der Waals surface area contributed by atoms with Crippen LogP contribution in [0.2, 0.25) is 0 Å². The lowest BCUT2D eigenvalue weighted by Crippen LogP contribution is -2.60. The summed E-state index contributed by atoms with van der Waals surface area (Å²) in [6, 6.07) is 4.05. The van der Waals surface area contributed by atoms with Crippen molar-refractivity contribution >= 4 is 29.7 Å². The molecular formula is C25H41N7O6. The van der Waals surface area contributed by atoms with E-state index >= 15 is 0 Å². The summed E-state index contributed by atoms with van der Waals surface area (Å²) in [5.41, 5.74) is 17.1. The Labute approximate surface area is 222 Å². The van der Waals surface area contributed by atoms with Crippen LogP contribution in [-0.4, -0.2) is 76.7 Å². The molecule has 0 heterocycles. The van der Waals surface area contributed by atoms with E-state index in [1.54, 1.807) is 30.3 Å². The highest BCUT2D eigenvalue weighted by molar-refractivity contribution is 5.94. The second kappa shape index (κ2) is 16.2. The van der Waals surface area contributed by atoms with Gasteiger partial charge in [0.15, 0.2) is 5.96 Å². The maximum Gasteiger partial charge on any atom is 0.326 e. The Kier molecular flexibility index (Phi) is 13.8. The zero-order chi connectivity index (χ0) is 28.8. The van der Waals surface area contributed by atoms with Gasteiger partial charge in [0, 0.05) is 13.0 Å². The molecule has 0 aromatic heterocycles. The van der Waals surface area contributed by atoms with Crippen molar-refractivity contribution in [2.24, 2.45) is 28.1 Å². The molecule has 3 amide bonds. The summed E-state index contributed by atoms with van der Waals surface area (Å²) in [7, 11) is 0. The van der Waals surface area contributed by atoms with E-state index < -0.39 is 54.0 Å². The van der Waals surface area contributed by atoms with E-state index in [4.69, 9.17) is 17.2 Å². The molecule has 5 unspecified atom stereocenters. The first-order valence-corrected chi connectivity index (χ1v) is 12.5. The van der Waals surface area contributed by atoms with Gasteiger partial charge in [-0.15, -0.1) is 0 Å². The number of rotatable bonds is 16. The highest BCUT2D eigenvalue weighted by Gasteiger charge is 2.32. The molecule has 0 fully saturated rings. The summed E-state index contributed by atoms with van der Waals surface area (Å²) in [4.78, 5) is 54.3. The van der Waals surface area contributed by atoms with Crippen LogP contribution in [0.25, 0.3) is 0 Å². The number of aliphatic hydroxyl groups is 1. The monoisotopic (exact) mass is 535 g/mol. The van der Waals surface area contributed by atoms with Crippen LogP contribution in [0.15, 0.2) is 35.3 Å². The first-order valence-electron chi connectivity index (χ1n) is 12.5. The number of nitrogens with one attached hydrogen (secondary N) is 3. The number of aliphatic carboxylic acids is 1. The van der Waals surface area contributed by atoms with Crippen LogP contribution in [0.3, 0.4) is 0 Å². The van der Waals surface area contributed by atoms with Gasteiger partial charge >= 0.3 is 5.97 Å². The summed E-state index contributed by atoms with van der Waals surface area (Å²) in [6.07, 6.45) is -0.556. The zero-order valence-electron chi connectivity index (χ0n) is 22.1. The van der Waals surface area contributed by atoms with Crippen molar-refractivity contribution in [2.75, 3.05) is 6.54 Å². The Balaban J connectivity index is 3.05. The second-order valence-electron chi connectivity index (χ2n) is 9.56. The molecule has 5 atom stereocenters. The van der Waals surface area contributed by atoms with Gasteiger partial charge in [-0.3, -0.25) is 19.4 Å². The topological polar surface area (TPSA) is 235 Å². The summed E-state index contributed by atoms with van der Waals surface area (Å²) in [6.45, 7) is 5.29. The largest absolute Gasteiger partial charge is 0.480 e. The van der Waals surface area contributed by atoms with Gasteiger partial charge in [0.1, 0.15) is 18.1 Å². The molecule has 212 valence electrons. The number of aliphatic hydroxyl groups excluding tert-OH is 1. The number of nitrogens with zero attached hydrogens (tertiary/aromatic N) is 1. The van der Waals surface area contributed by atoms with Gasteiger partial charge in [-0.05, 0) is 37.7 Å². The van der Waals surface area contributed by atoms with Gasteiger partial charge < -0.3 is 43.4 Å². The van der Waals surface area contributed by atoms with E-state index in [0.29, 0.717) is 12.0 Å². The molecule has 0 saturated heterocycles. The third-order valence-corrected chi connectivity index (χ3v) is 5.60. The average molecular weight is 536 g/mol. The number of amides is 3. The minimum absolute atomic E-state index is 0.0338. The van der Waals surface area contributed by atoms with E-state index in [2.05, 4.69) is 20.9 Å². The molecule has 0 aliphatic rings. The van der Waals surface area contributed by atoms with Crippen LogP contribution in [0.5, 0.6) is 0 Å². The minimum Gasteiger partial charge on any atom is -0.480 e. The van der Waals surface area contributed by atoms with Crippen molar-refractivity contribution in [3.63, 3.8) is 0 Å². The van der Waals surface area contributed by atoms with Crippen LogP contribution < -0.4 is 33.2 Å². The van der Waals surface area contributed by atoms with Crippen LogP contribution in [0, 0.1) is 5.92 Å². The third kappa shape index (κ3) is 12.0. The van der Waals surface area contributed by atoms with Crippen LogP contribution >= 0.6 is 0 Å². The smallest absolute Gasteiger partial charge is 0.326 e. The molecule has 0 bridgehead atoms. The maximum absolute atomic E-state index is 13.2. The fourth-order valence-electron chi connectivity index (χ4n) is 3.63. The predicted octanol–water partition coefficient (Wildman–Crippen LogP) is -1.42. The zero-order valence-corrected chi connectivity index (χ0v) is 22.1. The normalized spacial score (nSPS) is 14.9. The quantitative estimate of drug-likeness (QED) is 0.0703. The molecule has 11 N–H and O–H groups in total. The second-order valence-corrected chi connectivity index (χ2v) is 9.56. The third-order valence-electron chi connectivity index (χ3n) is 5.60. The molecule has 38 heavy (non-hydrogen) atoms. The average Bonchev–Trinajstić information content (AvgIpc) is 2.83. The Bertz CT molecular complexity index is 951. The van der Waals surface area contributed by atoms with Crippen LogP contribution in [0.4, 0.5) is 0 Å². The fraction of sp³-hybridized carbons (Fsp3) is 0.560. The van der Waals surface area contributed by atoms with Gasteiger partial charge in [-0.1, -0.05) is 44.2 Å². The maximum atomic E-state index is 13.2. The van der Waals surface area contributed by atoms with Crippen molar-refractivity contribution in [1.82, 2.24) is 16.0 Å². The van der Waals surface area contributed by atoms with Crippen molar-refractivity contribution in [1.29, 1.82) is 0 Å². The highest BCUT2D eigenvalue weighted by Crippen LogP contribution is 2.08. The summed E-state index contributed by atoms with van der Waals surface area (Å²) < 4.78 is 0. The Morgan fingerprint density at radius 3 is 2.05 bits per heavy atom. The molecule has 1 aromatic rings. The lowest BCUT2D eigenvalue weighted by atomic mass is 10.0. The number of benzene rings is 1. The standard InChI is InChI=1S/C25H41N7O6/c1-14(2)12-17(26)21(34)32-20(15(3)33)23(36)31-19(13-16-8-5-4-6-9-16)22(35)30-18(24(37)38)10-7-11-29-25(27)28/h4-6,8-9,14-15,17-20,33H,7,10-13,26H2,1-3H3,(H,30,35)(H,31,36)(H,32,34)(H,37,38)(H4,27,28,29). The molecule has 1 rings (SSSR count). The van der Waals surface area contributed by atoms with Crippen molar-refractivity contribution in [2.45, 2.75) is 76.7 Å². The van der Waals surface area contributed by atoms with Gasteiger partial charge in [0.2, 0.25) is 17.7 Å². The number of guanidine groups is 1. The summed E-state index contributed by atoms with van der Waals surface area (Å²) >= 11 is 0. The number of carbonyl (C=O) groups is 4. The number of carbonyl (C=O) groups excluding carboxylic acids is 3. The first kappa shape index (κ1) is 32.3. The lowest BCUT2D eigenvalue weighted by Gasteiger charge is -2.26. The van der Waals surface area contributed by atoms with Gasteiger partial charge in [0.05, 0.1) is 12.1 Å². The molecule has 0 aliphatic carbocycles. The highest BCUT2D eigenvalue weighted by atomic mass is 16.4. The Morgan fingerprint density at radius 2 is 1.53 bits per heavy atom. The Hall–Kier alpha value is -3.71. The molecule has 0 radical (unpaired) electrons. The van der Waals surface area contributed by atoms with Crippen molar-refractivity contribution in [3.05, 3.63) is 35.9 Å². The molecule has 13 heteroatoms. The van der Waals surface area contributed by atoms with Crippen LogP contribution in [-0.2, 0) is 25.6 Å². The summed E-state index contributed by atoms with van der Waals surface area (Å²) in [5.74, 6) is -3.44. The molecule has 13 nitrogen and oxygen atoms in total. The Morgan fingerprint density at radius 1 is 0.921 bits per heavy atom. The number of carboxylic acids is 1. The summed E-state index contributed by atoms with van der Waals surface area (Å²) in [5, 5.41) is 27.2. The van der Waals surface area contributed by atoms with Crippen LogP contribution in [0.1, 0.15) is 45.6 Å². The lowest BCUT2D eigenvalue weighted by molar-refractivity contribution is -0.142. The molecule has 1 aromatic carbocycles. The number of nitrogens with two attached hydrogens (primary N) is 3. The first-order chi connectivity index (χ1) is 17.8. The molecular weight excluding hydrogens is 494 g/mol.